The lowest BCUT2D eigenvalue weighted by Crippen LogP contribution is -2.41. The van der Waals surface area contributed by atoms with E-state index in [9.17, 15) is 13.2 Å². The van der Waals surface area contributed by atoms with Crippen LogP contribution in [0.1, 0.15) is 12.8 Å². The first-order valence-electron chi connectivity index (χ1n) is 8.10. The van der Waals surface area contributed by atoms with Crippen LogP contribution in [-0.4, -0.2) is 38.8 Å². The van der Waals surface area contributed by atoms with Crippen molar-refractivity contribution in [1.82, 2.24) is 4.31 Å². The number of ether oxygens (including phenoxy) is 1. The van der Waals surface area contributed by atoms with Gasteiger partial charge in [0.25, 0.3) is 10.0 Å². The van der Waals surface area contributed by atoms with Crippen molar-refractivity contribution in [2.45, 2.75) is 17.1 Å². The maximum Gasteiger partial charge on any atom is 0.252 e. The van der Waals surface area contributed by atoms with Gasteiger partial charge in [-0.1, -0.05) is 17.7 Å². The molecule has 140 valence electrons. The molecule has 0 radical (unpaired) electrons. The van der Waals surface area contributed by atoms with Crippen LogP contribution in [0.25, 0.3) is 0 Å². The summed E-state index contributed by atoms with van der Waals surface area (Å²) in [6.45, 7) is 0.649. The van der Waals surface area contributed by atoms with Crippen LogP contribution in [0.2, 0.25) is 5.02 Å². The van der Waals surface area contributed by atoms with Gasteiger partial charge in [-0.3, -0.25) is 4.79 Å². The van der Waals surface area contributed by atoms with Gasteiger partial charge in [0.2, 0.25) is 5.91 Å². The molecule has 1 aliphatic heterocycles. The van der Waals surface area contributed by atoms with E-state index in [0.29, 0.717) is 46.6 Å². The smallest absolute Gasteiger partial charge is 0.252 e. The Morgan fingerprint density at radius 3 is 2.65 bits per heavy atom. The number of halogens is 1. The quantitative estimate of drug-likeness (QED) is 0.813. The van der Waals surface area contributed by atoms with Gasteiger partial charge in [0.15, 0.2) is 0 Å². The van der Waals surface area contributed by atoms with E-state index in [1.165, 1.54) is 22.8 Å². The number of piperidine rings is 1. The average molecular weight is 415 g/mol. The van der Waals surface area contributed by atoms with Crippen molar-refractivity contribution in [2.24, 2.45) is 5.92 Å². The van der Waals surface area contributed by atoms with Gasteiger partial charge in [0.1, 0.15) is 9.96 Å². The second-order valence-corrected chi connectivity index (χ2v) is 9.49. The van der Waals surface area contributed by atoms with Crippen molar-refractivity contribution >= 4 is 44.6 Å². The lowest BCUT2D eigenvalue weighted by molar-refractivity contribution is -0.120. The summed E-state index contributed by atoms with van der Waals surface area (Å²) < 4.78 is 32.1. The van der Waals surface area contributed by atoms with Gasteiger partial charge in [-0.05, 0) is 42.5 Å². The SMILES string of the molecule is COc1ccc(Cl)cc1NC(=O)C1CCN(S(=O)(=O)c2cccs2)CC1. The van der Waals surface area contributed by atoms with Crippen LogP contribution in [0.5, 0.6) is 5.75 Å². The average Bonchev–Trinajstić information content (AvgIpc) is 3.17. The number of thiophene rings is 1. The van der Waals surface area contributed by atoms with Crippen molar-refractivity contribution in [3.63, 3.8) is 0 Å². The second kappa shape index (κ2) is 7.96. The molecule has 1 aromatic carbocycles. The Bertz CT molecular complexity index is 876. The zero-order chi connectivity index (χ0) is 18.7. The Morgan fingerprint density at radius 1 is 1.31 bits per heavy atom. The number of rotatable bonds is 5. The van der Waals surface area contributed by atoms with Crippen LogP contribution in [0, 0.1) is 5.92 Å². The van der Waals surface area contributed by atoms with Gasteiger partial charge in [-0.2, -0.15) is 4.31 Å². The molecule has 1 aliphatic rings. The second-order valence-electron chi connectivity index (χ2n) is 5.94. The largest absolute Gasteiger partial charge is 0.495 e. The van der Waals surface area contributed by atoms with Crippen molar-refractivity contribution < 1.29 is 17.9 Å². The summed E-state index contributed by atoms with van der Waals surface area (Å²) in [4.78, 5) is 12.6. The number of sulfonamides is 1. The normalized spacial score (nSPS) is 16.4. The summed E-state index contributed by atoms with van der Waals surface area (Å²) in [5, 5.41) is 5.08. The molecule has 9 heteroatoms. The van der Waals surface area contributed by atoms with Gasteiger partial charge >= 0.3 is 0 Å². The summed E-state index contributed by atoms with van der Waals surface area (Å²) >= 11 is 7.18. The van der Waals surface area contributed by atoms with E-state index in [4.69, 9.17) is 16.3 Å². The van der Waals surface area contributed by atoms with E-state index in [-0.39, 0.29) is 11.8 Å². The highest BCUT2D eigenvalue weighted by atomic mass is 35.5. The molecule has 2 aromatic rings. The third kappa shape index (κ3) is 4.03. The van der Waals surface area contributed by atoms with Crippen molar-refractivity contribution in [3.05, 3.63) is 40.7 Å². The molecular formula is C17H19ClN2O4S2. The Hall–Kier alpha value is -1.61. The first-order valence-corrected chi connectivity index (χ1v) is 10.8. The molecule has 0 saturated carbocycles. The minimum Gasteiger partial charge on any atom is -0.495 e. The van der Waals surface area contributed by atoms with Gasteiger partial charge in [0.05, 0.1) is 12.8 Å². The van der Waals surface area contributed by atoms with E-state index in [0.717, 1.165) is 0 Å². The predicted molar refractivity (Wildman–Crippen MR) is 102 cm³/mol. The van der Waals surface area contributed by atoms with E-state index < -0.39 is 10.0 Å². The summed E-state index contributed by atoms with van der Waals surface area (Å²) in [5.74, 6) is 0.118. The van der Waals surface area contributed by atoms with Gasteiger partial charge < -0.3 is 10.1 Å². The first kappa shape index (κ1) is 19.2. The third-order valence-electron chi connectivity index (χ3n) is 4.33. The number of hydrogen-bond donors (Lipinski definition) is 1. The molecule has 0 aliphatic carbocycles. The molecule has 0 spiro atoms. The van der Waals surface area contributed by atoms with Crippen molar-refractivity contribution in [2.75, 3.05) is 25.5 Å². The number of carbonyl (C=O) groups is 1. The highest BCUT2D eigenvalue weighted by molar-refractivity contribution is 7.91. The van der Waals surface area contributed by atoms with E-state index in [1.807, 2.05) is 0 Å². The zero-order valence-corrected chi connectivity index (χ0v) is 16.5. The highest BCUT2D eigenvalue weighted by Gasteiger charge is 2.32. The number of carbonyl (C=O) groups excluding carboxylic acids is 1. The van der Waals surface area contributed by atoms with Gasteiger partial charge in [-0.15, -0.1) is 11.3 Å². The number of amides is 1. The molecule has 2 heterocycles. The molecule has 0 bridgehead atoms. The van der Waals surface area contributed by atoms with Crippen LogP contribution in [0.15, 0.2) is 39.9 Å². The van der Waals surface area contributed by atoms with Crippen LogP contribution in [0.4, 0.5) is 5.69 Å². The van der Waals surface area contributed by atoms with E-state index >= 15 is 0 Å². The van der Waals surface area contributed by atoms with Gasteiger partial charge in [0, 0.05) is 24.0 Å². The predicted octanol–water partition coefficient (Wildman–Crippen LogP) is 3.45. The molecule has 1 amide bonds. The van der Waals surface area contributed by atoms with Crippen molar-refractivity contribution in [3.8, 4) is 5.75 Å². The zero-order valence-electron chi connectivity index (χ0n) is 14.1. The summed E-state index contributed by atoms with van der Waals surface area (Å²) in [6.07, 6.45) is 0.943. The molecule has 6 nitrogen and oxygen atoms in total. The molecule has 0 unspecified atom stereocenters. The summed E-state index contributed by atoms with van der Waals surface area (Å²) in [5.41, 5.74) is 0.513. The first-order chi connectivity index (χ1) is 12.4. The standard InChI is InChI=1S/C17H19ClN2O4S2/c1-24-15-5-4-13(18)11-14(15)19-17(21)12-6-8-20(9-7-12)26(22,23)16-3-2-10-25-16/h2-5,10-12H,6-9H2,1H3,(H,19,21). The topological polar surface area (TPSA) is 75.7 Å². The maximum atomic E-state index is 12.6. The maximum absolute atomic E-state index is 12.6. The Morgan fingerprint density at radius 2 is 2.04 bits per heavy atom. The molecule has 1 aromatic heterocycles. The lowest BCUT2D eigenvalue weighted by Gasteiger charge is -2.30. The van der Waals surface area contributed by atoms with Gasteiger partial charge in [-0.25, -0.2) is 8.42 Å². The number of benzene rings is 1. The highest BCUT2D eigenvalue weighted by Crippen LogP contribution is 2.30. The minimum absolute atomic E-state index is 0.154. The third-order valence-corrected chi connectivity index (χ3v) is 7.84. The number of hydrogen-bond acceptors (Lipinski definition) is 5. The summed E-state index contributed by atoms with van der Waals surface area (Å²) in [7, 11) is -1.94. The molecule has 26 heavy (non-hydrogen) atoms. The number of methoxy groups -OCH3 is 1. The number of anilines is 1. The Balaban J connectivity index is 1.63. The fourth-order valence-corrected chi connectivity index (χ4v) is 5.69. The van der Waals surface area contributed by atoms with Crippen LogP contribution in [-0.2, 0) is 14.8 Å². The fraction of sp³-hybridized carbons (Fsp3) is 0.353. The molecule has 1 saturated heterocycles. The Labute approximate surface area is 161 Å². The number of nitrogens with one attached hydrogen (secondary N) is 1. The van der Waals surface area contributed by atoms with Crippen LogP contribution in [0.3, 0.4) is 0 Å². The minimum atomic E-state index is -3.46. The molecule has 1 fully saturated rings. The summed E-state index contributed by atoms with van der Waals surface area (Å²) in [6, 6.07) is 8.33. The molecule has 3 rings (SSSR count). The lowest BCUT2D eigenvalue weighted by atomic mass is 9.97. The van der Waals surface area contributed by atoms with Crippen LogP contribution >= 0.6 is 22.9 Å². The van der Waals surface area contributed by atoms with E-state index in [2.05, 4.69) is 5.32 Å². The van der Waals surface area contributed by atoms with E-state index in [1.54, 1.807) is 35.7 Å². The fourth-order valence-electron chi connectivity index (χ4n) is 2.91. The Kier molecular flexibility index (Phi) is 5.86. The monoisotopic (exact) mass is 414 g/mol. The molecule has 1 N–H and O–H groups in total. The molecule has 0 atom stereocenters. The van der Waals surface area contributed by atoms with Crippen molar-refractivity contribution in [1.29, 1.82) is 0 Å². The molecular weight excluding hydrogens is 396 g/mol. The van der Waals surface area contributed by atoms with Crippen LogP contribution < -0.4 is 10.1 Å². The number of nitrogens with zero attached hydrogens (tertiary/aromatic N) is 1.